The molecule has 1 heterocycles. The average Bonchev–Trinajstić information content (AvgIpc) is 2.88. The molecule has 10 heteroatoms. The van der Waals surface area contributed by atoms with Crippen LogP contribution in [0.4, 0.5) is 17.2 Å². The summed E-state index contributed by atoms with van der Waals surface area (Å²) in [6.45, 7) is 0.288. The smallest absolute Gasteiger partial charge is 0.269 e. The van der Waals surface area contributed by atoms with Crippen LogP contribution in [0.1, 0.15) is 11.1 Å². The van der Waals surface area contributed by atoms with Crippen molar-refractivity contribution in [1.29, 1.82) is 0 Å². The minimum atomic E-state index is -3.74. The van der Waals surface area contributed by atoms with Gasteiger partial charge in [-0.3, -0.25) is 19.8 Å². The van der Waals surface area contributed by atoms with Crippen LogP contribution in [0.3, 0.4) is 0 Å². The predicted octanol–water partition coefficient (Wildman–Crippen LogP) is 5.12. The third-order valence-corrected chi connectivity index (χ3v) is 6.22. The second-order valence-electron chi connectivity index (χ2n) is 7.35. The summed E-state index contributed by atoms with van der Waals surface area (Å²) >= 11 is 0. The lowest BCUT2D eigenvalue weighted by Gasteiger charge is -2.07. The Morgan fingerprint density at radius 2 is 1.66 bits per heavy atom. The van der Waals surface area contributed by atoms with Gasteiger partial charge in [-0.05, 0) is 83.9 Å². The third kappa shape index (κ3) is 6.49. The van der Waals surface area contributed by atoms with Crippen LogP contribution in [0, 0.1) is 10.1 Å². The topological polar surface area (TPSA) is 124 Å². The van der Waals surface area contributed by atoms with Crippen molar-refractivity contribution in [3.8, 4) is 5.75 Å². The summed E-state index contributed by atoms with van der Waals surface area (Å²) in [7, 11) is -3.74. The lowest BCUT2D eigenvalue weighted by Crippen LogP contribution is -2.13. The largest absolute Gasteiger partial charge is 0.489 e. The van der Waals surface area contributed by atoms with E-state index in [2.05, 4.69) is 14.7 Å². The van der Waals surface area contributed by atoms with Crippen molar-refractivity contribution in [3.05, 3.63) is 118 Å². The summed E-state index contributed by atoms with van der Waals surface area (Å²) in [4.78, 5) is 18.7. The minimum absolute atomic E-state index is 0.0369. The average molecular weight is 489 g/mol. The minimum Gasteiger partial charge on any atom is -0.489 e. The third-order valence-electron chi connectivity index (χ3n) is 4.85. The molecule has 0 amide bonds. The Morgan fingerprint density at radius 3 is 2.29 bits per heavy atom. The summed E-state index contributed by atoms with van der Waals surface area (Å²) < 4.78 is 33.1. The van der Waals surface area contributed by atoms with Gasteiger partial charge in [0.05, 0.1) is 15.5 Å². The second-order valence-corrected chi connectivity index (χ2v) is 9.04. The fourth-order valence-electron chi connectivity index (χ4n) is 3.01. The van der Waals surface area contributed by atoms with Gasteiger partial charge in [0.1, 0.15) is 18.2 Å². The number of hydrogen-bond donors (Lipinski definition) is 1. The van der Waals surface area contributed by atoms with Gasteiger partial charge in [0.15, 0.2) is 0 Å². The number of sulfonamides is 1. The van der Waals surface area contributed by atoms with E-state index in [1.54, 1.807) is 60.8 Å². The van der Waals surface area contributed by atoms with Crippen LogP contribution in [-0.4, -0.2) is 24.5 Å². The fourth-order valence-corrected chi connectivity index (χ4v) is 4.02. The number of ether oxygens (including phenoxy) is 1. The molecule has 0 unspecified atom stereocenters. The van der Waals surface area contributed by atoms with Crippen molar-refractivity contribution < 1.29 is 18.1 Å². The molecule has 0 aliphatic rings. The van der Waals surface area contributed by atoms with Crippen molar-refractivity contribution in [3.63, 3.8) is 0 Å². The molecule has 0 aliphatic carbocycles. The number of non-ortho nitro benzene ring substituents is 1. The molecule has 1 aromatic heterocycles. The molecule has 0 spiro atoms. The van der Waals surface area contributed by atoms with E-state index < -0.39 is 14.9 Å². The molecule has 0 saturated carbocycles. The van der Waals surface area contributed by atoms with Gasteiger partial charge in [-0.15, -0.1) is 0 Å². The lowest BCUT2D eigenvalue weighted by atomic mass is 10.2. The van der Waals surface area contributed by atoms with E-state index in [9.17, 15) is 18.5 Å². The molecule has 0 aliphatic heterocycles. The Balaban J connectivity index is 1.33. The summed E-state index contributed by atoms with van der Waals surface area (Å²) in [6.07, 6.45) is 3.17. The molecule has 4 aromatic rings. The molecule has 0 atom stereocenters. The van der Waals surface area contributed by atoms with Gasteiger partial charge < -0.3 is 4.74 Å². The van der Waals surface area contributed by atoms with Gasteiger partial charge in [-0.1, -0.05) is 6.07 Å². The maximum atomic E-state index is 12.5. The highest BCUT2D eigenvalue weighted by Gasteiger charge is 2.14. The van der Waals surface area contributed by atoms with Crippen LogP contribution in [0.25, 0.3) is 0 Å². The molecule has 1 N–H and O–H groups in total. The lowest BCUT2D eigenvalue weighted by molar-refractivity contribution is -0.384. The Hall–Kier alpha value is -4.57. The molecule has 4 rings (SSSR count). The Bertz CT molecular complexity index is 1420. The van der Waals surface area contributed by atoms with Crippen molar-refractivity contribution in [2.45, 2.75) is 11.5 Å². The van der Waals surface area contributed by atoms with Gasteiger partial charge in [0, 0.05) is 24.5 Å². The molecule has 0 saturated heterocycles. The van der Waals surface area contributed by atoms with Crippen molar-refractivity contribution >= 4 is 33.4 Å². The predicted molar refractivity (Wildman–Crippen MR) is 133 cm³/mol. The zero-order valence-electron chi connectivity index (χ0n) is 18.3. The Labute approximate surface area is 202 Å². The molecule has 35 heavy (non-hydrogen) atoms. The number of anilines is 1. The molecule has 176 valence electrons. The van der Waals surface area contributed by atoms with Crippen molar-refractivity contribution in [2.24, 2.45) is 4.99 Å². The first-order valence-electron chi connectivity index (χ1n) is 10.4. The Morgan fingerprint density at radius 1 is 0.943 bits per heavy atom. The van der Waals surface area contributed by atoms with Crippen LogP contribution >= 0.6 is 0 Å². The van der Waals surface area contributed by atoms with Gasteiger partial charge in [-0.25, -0.2) is 13.4 Å². The van der Waals surface area contributed by atoms with E-state index in [-0.39, 0.29) is 23.0 Å². The van der Waals surface area contributed by atoms with E-state index in [4.69, 9.17) is 4.74 Å². The summed E-state index contributed by atoms with van der Waals surface area (Å²) in [5, 5.41) is 10.7. The molecule has 3 aromatic carbocycles. The zero-order valence-corrected chi connectivity index (χ0v) is 19.1. The molecule has 0 fully saturated rings. The van der Waals surface area contributed by atoms with Gasteiger partial charge in [0.2, 0.25) is 0 Å². The summed E-state index contributed by atoms with van der Waals surface area (Å²) in [5.74, 6) is 0.894. The van der Waals surface area contributed by atoms with E-state index in [0.29, 0.717) is 11.4 Å². The highest BCUT2D eigenvalue weighted by atomic mass is 32.2. The normalized spacial score (nSPS) is 11.3. The van der Waals surface area contributed by atoms with Gasteiger partial charge in [-0.2, -0.15) is 0 Å². The highest BCUT2D eigenvalue weighted by Crippen LogP contribution is 2.20. The fraction of sp³-hybridized carbons (Fsp3) is 0.0400. The Kier molecular flexibility index (Phi) is 7.12. The first kappa shape index (κ1) is 23.6. The van der Waals surface area contributed by atoms with Crippen LogP contribution in [0.5, 0.6) is 5.75 Å². The number of aliphatic imine (C=N–C) groups is 1. The molecular weight excluding hydrogens is 468 g/mol. The number of nitrogens with zero attached hydrogens (tertiary/aromatic N) is 3. The number of hydrogen-bond acceptors (Lipinski definition) is 7. The maximum Gasteiger partial charge on any atom is 0.269 e. The number of benzene rings is 3. The van der Waals surface area contributed by atoms with Crippen molar-refractivity contribution in [2.75, 3.05) is 4.72 Å². The molecule has 0 radical (unpaired) electrons. The van der Waals surface area contributed by atoms with Crippen LogP contribution in [0.15, 0.2) is 107 Å². The van der Waals surface area contributed by atoms with Gasteiger partial charge >= 0.3 is 0 Å². The van der Waals surface area contributed by atoms with E-state index >= 15 is 0 Å². The standard InChI is InChI=1S/C25H20N4O5S/c30-29(31)22-10-4-20(5-11-22)18-34-23-12-6-19(7-13-23)17-27-21-8-14-24(15-9-21)35(32,33)28-25-3-1-2-16-26-25/h1-17H,18H2,(H,26,28). The molecule has 0 bridgehead atoms. The summed E-state index contributed by atoms with van der Waals surface area (Å²) in [5.41, 5.74) is 2.29. The maximum absolute atomic E-state index is 12.5. The van der Waals surface area contributed by atoms with E-state index in [0.717, 1.165) is 11.1 Å². The zero-order chi connectivity index (χ0) is 24.7. The number of rotatable bonds is 9. The highest BCUT2D eigenvalue weighted by molar-refractivity contribution is 7.92. The molecular formula is C25H20N4O5S. The van der Waals surface area contributed by atoms with Crippen LogP contribution in [-0.2, 0) is 16.6 Å². The number of nitro benzene ring substituents is 1. The SMILES string of the molecule is O=[N+]([O-])c1ccc(COc2ccc(C=Nc3ccc(S(=O)(=O)Nc4ccccn4)cc3)cc2)cc1. The number of nitro groups is 1. The monoisotopic (exact) mass is 488 g/mol. The first-order valence-corrected chi connectivity index (χ1v) is 11.9. The molecule has 9 nitrogen and oxygen atoms in total. The number of nitrogens with one attached hydrogen (secondary N) is 1. The van der Waals surface area contributed by atoms with Crippen LogP contribution < -0.4 is 9.46 Å². The first-order chi connectivity index (χ1) is 16.9. The second kappa shape index (κ2) is 10.6. The van der Waals surface area contributed by atoms with E-state index in [1.165, 1.54) is 30.5 Å². The number of aromatic nitrogens is 1. The summed E-state index contributed by atoms with van der Waals surface area (Å²) in [6, 6.07) is 24.6. The van der Waals surface area contributed by atoms with Crippen molar-refractivity contribution in [1.82, 2.24) is 4.98 Å². The number of pyridine rings is 1. The van der Waals surface area contributed by atoms with Gasteiger partial charge in [0.25, 0.3) is 15.7 Å². The van der Waals surface area contributed by atoms with E-state index in [1.807, 2.05) is 12.1 Å². The van der Waals surface area contributed by atoms with Crippen LogP contribution in [0.2, 0.25) is 0 Å². The quantitative estimate of drug-likeness (QED) is 0.198.